The summed E-state index contributed by atoms with van der Waals surface area (Å²) in [4.78, 5) is 0. The minimum atomic E-state index is -0.164. The van der Waals surface area contributed by atoms with E-state index in [-0.39, 0.29) is 5.54 Å². The third-order valence-corrected chi connectivity index (χ3v) is 5.18. The number of hydrogen-bond acceptors (Lipinski definition) is 2. The minimum Gasteiger partial charge on any atom is -0.330 e. The van der Waals surface area contributed by atoms with E-state index < -0.39 is 0 Å². The lowest BCUT2D eigenvalue weighted by molar-refractivity contribution is 0.367. The summed E-state index contributed by atoms with van der Waals surface area (Å²) >= 11 is 0. The largest absolute Gasteiger partial charge is 0.330 e. The Bertz CT molecular complexity index is 538. The summed E-state index contributed by atoms with van der Waals surface area (Å²) in [6.45, 7) is 0.828. The summed E-state index contributed by atoms with van der Waals surface area (Å²) in [6.07, 6.45) is 11.9. The van der Waals surface area contributed by atoms with Crippen molar-refractivity contribution < 1.29 is 0 Å². The van der Waals surface area contributed by atoms with E-state index in [0.717, 1.165) is 25.8 Å². The molecule has 0 heterocycles. The minimum absolute atomic E-state index is 0.164. The van der Waals surface area contributed by atoms with Gasteiger partial charge in [0, 0.05) is 5.54 Å². The molecule has 0 aliphatic rings. The molecule has 0 amide bonds. The molecule has 0 radical (unpaired) electrons. The number of rotatable bonds is 13. The Morgan fingerprint density at radius 2 is 1.00 bits per heavy atom. The van der Waals surface area contributed by atoms with Crippen LogP contribution in [0.15, 0.2) is 60.7 Å². The molecule has 26 heavy (non-hydrogen) atoms. The molecule has 0 saturated heterocycles. The molecule has 0 unspecified atom stereocenters. The van der Waals surface area contributed by atoms with Crippen molar-refractivity contribution in [3.05, 3.63) is 71.8 Å². The maximum absolute atomic E-state index is 6.93. The van der Waals surface area contributed by atoms with E-state index in [1.165, 1.54) is 56.1 Å². The molecule has 2 aromatic carbocycles. The van der Waals surface area contributed by atoms with Gasteiger partial charge < -0.3 is 11.5 Å². The van der Waals surface area contributed by atoms with Crippen LogP contribution in [-0.4, -0.2) is 12.1 Å². The third kappa shape index (κ3) is 8.16. The van der Waals surface area contributed by atoms with Crippen LogP contribution in [0.4, 0.5) is 0 Å². The van der Waals surface area contributed by atoms with Gasteiger partial charge in [-0.3, -0.25) is 0 Å². The standard InChI is InChI=1S/C24H36N2/c25-19-13-5-3-1-2-4-12-18-24(26,20-22-14-8-6-9-15-22)21-23-16-10-7-11-17-23/h6-11,14-17H,1-5,12-13,18-21,25-26H2. The Morgan fingerprint density at radius 1 is 0.577 bits per heavy atom. The van der Waals surface area contributed by atoms with Gasteiger partial charge in [0.05, 0.1) is 0 Å². The molecule has 0 aliphatic heterocycles. The predicted molar refractivity (Wildman–Crippen MR) is 113 cm³/mol. The van der Waals surface area contributed by atoms with E-state index in [0.29, 0.717) is 0 Å². The SMILES string of the molecule is NCCCCCCCCCC(N)(Cc1ccccc1)Cc1ccccc1. The second-order valence-electron chi connectivity index (χ2n) is 7.70. The van der Waals surface area contributed by atoms with Crippen LogP contribution in [0, 0.1) is 0 Å². The maximum Gasteiger partial charge on any atom is 0.0235 e. The number of nitrogens with two attached hydrogens (primary N) is 2. The van der Waals surface area contributed by atoms with Crippen LogP contribution in [0.1, 0.15) is 62.5 Å². The Morgan fingerprint density at radius 3 is 1.46 bits per heavy atom. The first-order valence-corrected chi connectivity index (χ1v) is 10.3. The van der Waals surface area contributed by atoms with E-state index in [1.807, 2.05) is 0 Å². The van der Waals surface area contributed by atoms with E-state index in [2.05, 4.69) is 60.7 Å². The van der Waals surface area contributed by atoms with Gasteiger partial charge in [-0.1, -0.05) is 99.2 Å². The van der Waals surface area contributed by atoms with Crippen LogP contribution in [0.2, 0.25) is 0 Å². The molecule has 0 spiro atoms. The second-order valence-corrected chi connectivity index (χ2v) is 7.70. The van der Waals surface area contributed by atoms with Crippen LogP contribution < -0.4 is 11.5 Å². The summed E-state index contributed by atoms with van der Waals surface area (Å²) in [5.74, 6) is 0. The molecular formula is C24H36N2. The van der Waals surface area contributed by atoms with Crippen molar-refractivity contribution in [3.63, 3.8) is 0 Å². The highest BCUT2D eigenvalue weighted by Crippen LogP contribution is 2.23. The smallest absolute Gasteiger partial charge is 0.0235 e. The van der Waals surface area contributed by atoms with Crippen LogP contribution in [0.3, 0.4) is 0 Å². The molecule has 0 saturated carbocycles. The van der Waals surface area contributed by atoms with Crippen molar-refractivity contribution in [3.8, 4) is 0 Å². The van der Waals surface area contributed by atoms with Crippen LogP contribution in [0.25, 0.3) is 0 Å². The molecule has 2 nitrogen and oxygen atoms in total. The topological polar surface area (TPSA) is 52.0 Å². The molecule has 2 heteroatoms. The van der Waals surface area contributed by atoms with E-state index >= 15 is 0 Å². The van der Waals surface area contributed by atoms with Gasteiger partial charge in [0.2, 0.25) is 0 Å². The normalized spacial score (nSPS) is 11.6. The zero-order valence-electron chi connectivity index (χ0n) is 16.2. The van der Waals surface area contributed by atoms with Crippen molar-refractivity contribution >= 4 is 0 Å². The first-order chi connectivity index (χ1) is 12.7. The molecule has 0 aromatic heterocycles. The zero-order valence-corrected chi connectivity index (χ0v) is 16.2. The fourth-order valence-corrected chi connectivity index (χ4v) is 3.75. The average molecular weight is 353 g/mol. The Kier molecular flexibility index (Phi) is 9.44. The van der Waals surface area contributed by atoms with E-state index in [1.54, 1.807) is 0 Å². The van der Waals surface area contributed by atoms with Gasteiger partial charge in [-0.25, -0.2) is 0 Å². The van der Waals surface area contributed by atoms with Gasteiger partial charge >= 0.3 is 0 Å². The lowest BCUT2D eigenvalue weighted by Gasteiger charge is -2.30. The molecule has 0 aliphatic carbocycles. The monoisotopic (exact) mass is 352 g/mol. The van der Waals surface area contributed by atoms with Crippen LogP contribution in [-0.2, 0) is 12.8 Å². The van der Waals surface area contributed by atoms with Gasteiger partial charge in [0.15, 0.2) is 0 Å². The fourth-order valence-electron chi connectivity index (χ4n) is 3.75. The Hall–Kier alpha value is -1.64. The second kappa shape index (κ2) is 11.9. The van der Waals surface area contributed by atoms with Gasteiger partial charge in [-0.05, 0) is 43.4 Å². The predicted octanol–water partition coefficient (Wildman–Crippen LogP) is 5.25. The molecule has 2 rings (SSSR count). The van der Waals surface area contributed by atoms with E-state index in [4.69, 9.17) is 11.5 Å². The maximum atomic E-state index is 6.93. The molecule has 4 N–H and O–H groups in total. The average Bonchev–Trinajstić information content (AvgIpc) is 2.65. The number of unbranched alkanes of at least 4 members (excludes halogenated alkanes) is 6. The Balaban J connectivity index is 1.84. The summed E-state index contributed by atoms with van der Waals surface area (Å²) in [5, 5.41) is 0. The van der Waals surface area contributed by atoms with Crippen molar-refractivity contribution in [1.29, 1.82) is 0 Å². The molecule has 0 fully saturated rings. The van der Waals surface area contributed by atoms with Gasteiger partial charge in [0.25, 0.3) is 0 Å². The highest BCUT2D eigenvalue weighted by atomic mass is 14.7. The van der Waals surface area contributed by atoms with Gasteiger partial charge in [-0.2, -0.15) is 0 Å². The van der Waals surface area contributed by atoms with Gasteiger partial charge in [0.1, 0.15) is 0 Å². The summed E-state index contributed by atoms with van der Waals surface area (Å²) in [6, 6.07) is 21.4. The third-order valence-electron chi connectivity index (χ3n) is 5.18. The van der Waals surface area contributed by atoms with Crippen molar-refractivity contribution in [2.24, 2.45) is 11.5 Å². The molecular weight excluding hydrogens is 316 g/mol. The highest BCUT2D eigenvalue weighted by Gasteiger charge is 2.25. The van der Waals surface area contributed by atoms with Crippen LogP contribution >= 0.6 is 0 Å². The number of benzene rings is 2. The summed E-state index contributed by atoms with van der Waals surface area (Å²) in [5.41, 5.74) is 15.0. The molecule has 142 valence electrons. The lowest BCUT2D eigenvalue weighted by Crippen LogP contribution is -2.44. The van der Waals surface area contributed by atoms with Crippen molar-refractivity contribution in [2.75, 3.05) is 6.54 Å². The Labute approximate surface area is 160 Å². The van der Waals surface area contributed by atoms with E-state index in [9.17, 15) is 0 Å². The summed E-state index contributed by atoms with van der Waals surface area (Å²) in [7, 11) is 0. The van der Waals surface area contributed by atoms with Crippen LogP contribution in [0.5, 0.6) is 0 Å². The molecule has 0 bridgehead atoms. The fraction of sp³-hybridized carbons (Fsp3) is 0.500. The first kappa shape index (κ1) is 20.7. The highest BCUT2D eigenvalue weighted by molar-refractivity contribution is 5.22. The van der Waals surface area contributed by atoms with Crippen molar-refractivity contribution in [2.45, 2.75) is 69.7 Å². The molecule has 0 atom stereocenters. The molecule has 2 aromatic rings. The van der Waals surface area contributed by atoms with Gasteiger partial charge in [-0.15, -0.1) is 0 Å². The zero-order chi connectivity index (χ0) is 18.5. The van der Waals surface area contributed by atoms with Crippen molar-refractivity contribution in [1.82, 2.24) is 0 Å². The lowest BCUT2D eigenvalue weighted by atomic mass is 9.81. The first-order valence-electron chi connectivity index (χ1n) is 10.3. The quantitative estimate of drug-likeness (QED) is 0.484. The summed E-state index contributed by atoms with van der Waals surface area (Å²) < 4.78 is 0. The number of hydrogen-bond donors (Lipinski definition) is 2.